The number of thiazole rings is 1. The molecule has 356 valence electrons. The number of alkyl carbamates (subject to hydrolysis) is 1. The van der Waals surface area contributed by atoms with Gasteiger partial charge in [0.25, 0.3) is 5.91 Å². The average Bonchev–Trinajstić information content (AvgIpc) is 3.91. The highest BCUT2D eigenvalue weighted by Crippen LogP contribution is 2.36. The van der Waals surface area contributed by atoms with E-state index in [-0.39, 0.29) is 30.6 Å². The van der Waals surface area contributed by atoms with Crippen LogP contribution < -0.4 is 36.1 Å². The Morgan fingerprint density at radius 3 is 2.27 bits per heavy atom. The van der Waals surface area contributed by atoms with Gasteiger partial charge in [-0.25, -0.2) is 14.8 Å². The van der Waals surface area contributed by atoms with Crippen LogP contribution >= 0.6 is 11.3 Å². The predicted octanol–water partition coefficient (Wildman–Crippen LogP) is 7.71. The van der Waals surface area contributed by atoms with E-state index in [9.17, 15) is 28.8 Å². The number of ketones is 1. The molecule has 1 saturated heterocycles. The summed E-state index contributed by atoms with van der Waals surface area (Å²) in [6.07, 6.45) is 3.68. The van der Waals surface area contributed by atoms with Crippen molar-refractivity contribution in [3.8, 4) is 22.9 Å². The largest absolute Gasteiger partial charge is 0.497 e. The number of benzene rings is 2. The van der Waals surface area contributed by atoms with Gasteiger partial charge in [0.2, 0.25) is 23.5 Å². The summed E-state index contributed by atoms with van der Waals surface area (Å²) in [5.41, 5.74) is 1.42. The van der Waals surface area contributed by atoms with Gasteiger partial charge in [-0.05, 0) is 71.2 Å². The monoisotopic (exact) mass is 928 g/mol. The minimum Gasteiger partial charge on any atom is -0.497 e. The summed E-state index contributed by atoms with van der Waals surface area (Å²) in [4.78, 5) is 91.6. The second kappa shape index (κ2) is 23.2. The number of fused-ring (bicyclic) bond motifs is 1. The number of methoxy groups -OCH3 is 1. The number of hydrogen-bond acceptors (Lipinski definition) is 13. The molecule has 17 nitrogen and oxygen atoms in total. The minimum atomic E-state index is -1.17. The van der Waals surface area contributed by atoms with Crippen molar-refractivity contribution in [3.05, 3.63) is 53.9 Å². The van der Waals surface area contributed by atoms with E-state index >= 15 is 0 Å². The van der Waals surface area contributed by atoms with Gasteiger partial charge >= 0.3 is 6.09 Å². The van der Waals surface area contributed by atoms with Crippen molar-refractivity contribution in [1.82, 2.24) is 25.5 Å². The van der Waals surface area contributed by atoms with Crippen molar-refractivity contribution in [3.63, 3.8) is 0 Å². The molecule has 0 aliphatic carbocycles. The summed E-state index contributed by atoms with van der Waals surface area (Å²) in [6.45, 7) is 14.0. The summed E-state index contributed by atoms with van der Waals surface area (Å²) in [6, 6.07) is 11.6. The number of pyridine rings is 1. The highest BCUT2D eigenvalue weighted by Gasteiger charge is 2.44. The normalized spacial score (nSPS) is 15.3. The molecule has 66 heavy (non-hydrogen) atoms. The smallest absolute Gasteiger partial charge is 0.408 e. The number of nitrogens with zero attached hydrogens (tertiary/aromatic N) is 3. The van der Waals surface area contributed by atoms with Gasteiger partial charge in [-0.15, -0.1) is 11.3 Å². The molecule has 3 atom stereocenters. The zero-order chi connectivity index (χ0) is 48.1. The van der Waals surface area contributed by atoms with Gasteiger partial charge in [-0.1, -0.05) is 58.6 Å². The second-order valence-corrected chi connectivity index (χ2v) is 18.8. The Labute approximate surface area is 390 Å². The molecule has 1 aliphatic rings. The van der Waals surface area contributed by atoms with Crippen LogP contribution in [0.25, 0.3) is 22.3 Å². The van der Waals surface area contributed by atoms with Crippen LogP contribution in [0.1, 0.15) is 100 Å². The van der Waals surface area contributed by atoms with Gasteiger partial charge in [-0.2, -0.15) is 0 Å². The quantitative estimate of drug-likeness (QED) is 0.0401. The lowest BCUT2D eigenvalue weighted by Crippen LogP contribution is -2.56. The molecule has 5 rings (SSSR count). The zero-order valence-corrected chi connectivity index (χ0v) is 40.2. The first kappa shape index (κ1) is 50.7. The molecule has 0 saturated carbocycles. The van der Waals surface area contributed by atoms with E-state index in [4.69, 9.17) is 24.2 Å². The van der Waals surface area contributed by atoms with Crippen LogP contribution in [-0.4, -0.2) is 100 Å². The Hall–Kier alpha value is -6.30. The maximum Gasteiger partial charge on any atom is 0.408 e. The maximum atomic E-state index is 14.5. The summed E-state index contributed by atoms with van der Waals surface area (Å²) in [5.74, 6) is -2.89. The predicted molar refractivity (Wildman–Crippen MR) is 256 cm³/mol. The van der Waals surface area contributed by atoms with Crippen LogP contribution in [0.3, 0.4) is 0 Å². The minimum absolute atomic E-state index is 0.00461. The van der Waals surface area contributed by atoms with Gasteiger partial charge in [0.15, 0.2) is 5.13 Å². The molecule has 5 N–H and O–H groups in total. The second-order valence-electron chi connectivity index (χ2n) is 17.9. The third-order valence-corrected chi connectivity index (χ3v) is 11.3. The fraction of sp³-hybridized carbons (Fsp3) is 0.500. The molecule has 0 unspecified atom stereocenters. The van der Waals surface area contributed by atoms with Crippen molar-refractivity contribution in [2.24, 2.45) is 5.92 Å². The van der Waals surface area contributed by atoms with Crippen LogP contribution in [0.2, 0.25) is 0 Å². The van der Waals surface area contributed by atoms with Crippen molar-refractivity contribution in [2.45, 2.75) is 130 Å². The standard InChI is InChI=1S/C48H64N8O9S/c1-10-11-12-13-14-19-41(58)52-33-17-15-16-18-34(33)53-44(60)39(57)25-49-43(59)38-23-31(26-56(38)45(61)42(28(2)3)55-47(62)65-48(6,7)8)64-40-24-36(37-27-66-46(54-37)50-29(4)5)51-35-22-30(63-9)20-21-32(35)40/h15-18,20-22,24,27-29,31,38,42H,10-14,19,23,25-26H2,1-9H3,(H,49,59)(H,50,54)(H,52,58)(H,53,60)(H,55,62)/t31-,38-,42+/m0/s1. The van der Waals surface area contributed by atoms with E-state index in [1.165, 1.54) is 16.2 Å². The molecule has 3 heterocycles. The lowest BCUT2D eigenvalue weighted by Gasteiger charge is -2.31. The molecule has 1 fully saturated rings. The summed E-state index contributed by atoms with van der Waals surface area (Å²) >= 11 is 1.44. The first-order valence-electron chi connectivity index (χ1n) is 22.5. The molecule has 2 aromatic heterocycles. The molecule has 1 aliphatic heterocycles. The number of likely N-dealkylation sites (tertiary alicyclic amines) is 1. The van der Waals surface area contributed by atoms with Crippen LogP contribution in [0.4, 0.5) is 21.3 Å². The third-order valence-electron chi connectivity index (χ3n) is 10.5. The van der Waals surface area contributed by atoms with Crippen LogP contribution in [0.15, 0.2) is 53.9 Å². The molecule has 2 aromatic carbocycles. The number of carbonyl (C=O) groups excluding carboxylic acids is 6. The molecule has 0 bridgehead atoms. The number of Topliss-reactive ketones (excluding diaryl/α,β-unsaturated/α-hetero) is 1. The molecular formula is C48H64N8O9S. The van der Waals surface area contributed by atoms with E-state index in [0.29, 0.717) is 45.9 Å². The molecule has 5 amide bonds. The van der Waals surface area contributed by atoms with Gasteiger partial charge in [0.05, 0.1) is 42.8 Å². The number of unbranched alkanes of at least 4 members (excludes halogenated alkanes) is 4. The van der Waals surface area contributed by atoms with Crippen LogP contribution in [0.5, 0.6) is 11.5 Å². The number of para-hydroxylation sites is 2. The average molecular weight is 929 g/mol. The Balaban J connectivity index is 1.36. The van der Waals surface area contributed by atoms with E-state index < -0.39 is 65.8 Å². The number of hydrogen-bond donors (Lipinski definition) is 5. The molecule has 4 aromatic rings. The Bertz CT molecular complexity index is 2360. The number of amides is 5. The number of anilines is 3. The fourth-order valence-electron chi connectivity index (χ4n) is 7.28. The van der Waals surface area contributed by atoms with Crippen molar-refractivity contribution < 1.29 is 43.0 Å². The topological polar surface area (TPSA) is 219 Å². The molecule has 18 heteroatoms. The van der Waals surface area contributed by atoms with Gasteiger partial charge < -0.3 is 45.7 Å². The van der Waals surface area contributed by atoms with Crippen LogP contribution in [-0.2, 0) is 28.7 Å². The van der Waals surface area contributed by atoms with Gasteiger partial charge in [-0.3, -0.25) is 24.0 Å². The van der Waals surface area contributed by atoms with Crippen molar-refractivity contribution in [1.29, 1.82) is 0 Å². The number of nitrogens with one attached hydrogen (secondary N) is 5. The van der Waals surface area contributed by atoms with Crippen LogP contribution in [0, 0.1) is 5.92 Å². The first-order chi connectivity index (χ1) is 31.3. The lowest BCUT2D eigenvalue weighted by molar-refractivity contribution is -0.141. The van der Waals surface area contributed by atoms with Gasteiger partial charge in [0, 0.05) is 41.8 Å². The number of carbonyl (C=O) groups is 6. The summed E-state index contributed by atoms with van der Waals surface area (Å²) in [7, 11) is 1.56. The van der Waals surface area contributed by atoms with E-state index in [1.54, 1.807) is 84.2 Å². The Morgan fingerprint density at radius 1 is 0.894 bits per heavy atom. The molecule has 0 radical (unpaired) electrons. The summed E-state index contributed by atoms with van der Waals surface area (Å²) in [5, 5.41) is 17.2. The number of ether oxygens (including phenoxy) is 3. The Morgan fingerprint density at radius 2 is 1.61 bits per heavy atom. The number of aromatic nitrogens is 2. The van der Waals surface area contributed by atoms with Crippen molar-refractivity contribution >= 4 is 74.3 Å². The zero-order valence-electron chi connectivity index (χ0n) is 39.4. The SMILES string of the molecule is CCCCCCCC(=O)Nc1ccccc1NC(=O)C(=O)CNC(=O)[C@@H]1C[C@H](Oc2cc(-c3csc(NC(C)C)n3)nc3cc(OC)ccc23)CN1C(=O)[C@H](NC(=O)OC(C)(C)C)C(C)C. The highest BCUT2D eigenvalue weighted by atomic mass is 32.1. The third kappa shape index (κ3) is 14.3. The Kier molecular flexibility index (Phi) is 17.9. The summed E-state index contributed by atoms with van der Waals surface area (Å²) < 4.78 is 17.6. The van der Waals surface area contributed by atoms with E-state index in [0.717, 1.165) is 37.2 Å². The van der Waals surface area contributed by atoms with E-state index in [1.807, 2.05) is 25.3 Å². The highest BCUT2D eigenvalue weighted by molar-refractivity contribution is 7.14. The van der Waals surface area contributed by atoms with Gasteiger partial charge in [0.1, 0.15) is 41.0 Å². The first-order valence-corrected chi connectivity index (χ1v) is 23.4. The van der Waals surface area contributed by atoms with E-state index in [2.05, 4.69) is 33.5 Å². The van der Waals surface area contributed by atoms with Crippen molar-refractivity contribution in [2.75, 3.05) is 36.1 Å². The number of rotatable bonds is 21. The fourth-order valence-corrected chi connectivity index (χ4v) is 8.13. The lowest BCUT2D eigenvalue weighted by atomic mass is 10.0. The maximum absolute atomic E-state index is 14.5. The molecular weight excluding hydrogens is 865 g/mol. The molecule has 0 spiro atoms.